The molecule has 2 aliphatic heterocycles. The summed E-state index contributed by atoms with van der Waals surface area (Å²) >= 11 is 5.80. The van der Waals surface area contributed by atoms with Crippen LogP contribution in [0.4, 0.5) is 20.2 Å². The molecule has 1 fully saturated rings. The number of phenols is 1. The number of halogens is 3. The molecule has 0 aliphatic carbocycles. The van der Waals surface area contributed by atoms with Crippen molar-refractivity contribution in [1.82, 2.24) is 0 Å². The third-order valence-corrected chi connectivity index (χ3v) is 5.85. The van der Waals surface area contributed by atoms with E-state index in [0.29, 0.717) is 42.2 Å². The van der Waals surface area contributed by atoms with Gasteiger partial charge < -0.3 is 25.2 Å². The molecule has 1 saturated heterocycles. The summed E-state index contributed by atoms with van der Waals surface area (Å²) in [5, 5.41) is 23.5. The fourth-order valence-electron chi connectivity index (χ4n) is 3.86. The van der Waals surface area contributed by atoms with E-state index in [1.54, 1.807) is 12.1 Å². The van der Waals surface area contributed by atoms with Gasteiger partial charge in [0.2, 0.25) is 5.91 Å². The molecule has 0 atom stereocenters. The quantitative estimate of drug-likeness (QED) is 0.679. The lowest BCUT2D eigenvalue weighted by atomic mass is 9.92. The molecule has 0 aromatic heterocycles. The number of aliphatic hydroxyl groups is 1. The second-order valence-electron chi connectivity index (χ2n) is 7.71. The molecule has 3 N–H and O–H groups in total. The average molecular weight is 439 g/mol. The molecule has 2 aromatic carbocycles. The molecule has 0 bridgehead atoms. The molecule has 160 valence electrons. The van der Waals surface area contributed by atoms with Crippen LogP contribution in [0.3, 0.4) is 0 Å². The van der Waals surface area contributed by atoms with E-state index in [4.69, 9.17) is 16.3 Å². The number of amides is 1. The summed E-state index contributed by atoms with van der Waals surface area (Å²) < 4.78 is 34.1. The Morgan fingerprint density at radius 3 is 2.63 bits per heavy atom. The number of phenolic OH excluding ortho intramolecular Hbond substituents is 1. The highest BCUT2D eigenvalue weighted by Crippen LogP contribution is 2.39. The maximum absolute atomic E-state index is 14.2. The fourth-order valence-corrected chi connectivity index (χ4v) is 4.02. The van der Waals surface area contributed by atoms with Crippen LogP contribution < -0.4 is 15.0 Å². The third kappa shape index (κ3) is 4.02. The van der Waals surface area contributed by atoms with E-state index < -0.39 is 23.0 Å². The Labute approximate surface area is 177 Å². The lowest BCUT2D eigenvalue weighted by Gasteiger charge is -2.39. The topological polar surface area (TPSA) is 82.0 Å². The van der Waals surface area contributed by atoms with E-state index >= 15 is 0 Å². The van der Waals surface area contributed by atoms with Gasteiger partial charge in [0.1, 0.15) is 23.8 Å². The first kappa shape index (κ1) is 20.7. The van der Waals surface area contributed by atoms with Gasteiger partial charge in [0.25, 0.3) is 0 Å². The largest absolute Gasteiger partial charge is 0.505 e. The lowest BCUT2D eigenvalue weighted by Crippen LogP contribution is -2.48. The number of nitrogens with one attached hydrogen (secondary N) is 1. The number of benzene rings is 2. The third-order valence-electron chi connectivity index (χ3n) is 5.62. The van der Waals surface area contributed by atoms with Crippen LogP contribution in [-0.2, 0) is 11.2 Å². The van der Waals surface area contributed by atoms with Crippen LogP contribution in [0.25, 0.3) is 0 Å². The average Bonchev–Trinajstić information content (AvgIpc) is 2.71. The number of ether oxygens (including phenoxy) is 1. The molecule has 0 radical (unpaired) electrons. The smallest absolute Gasteiger partial charge is 0.224 e. The summed E-state index contributed by atoms with van der Waals surface area (Å²) in [6.07, 6.45) is 1.12. The van der Waals surface area contributed by atoms with Gasteiger partial charge in [-0.3, -0.25) is 4.79 Å². The first-order valence-electron chi connectivity index (χ1n) is 9.65. The minimum atomic E-state index is -1.16. The van der Waals surface area contributed by atoms with E-state index in [0.717, 1.165) is 6.07 Å². The van der Waals surface area contributed by atoms with Crippen LogP contribution in [0.15, 0.2) is 24.3 Å². The van der Waals surface area contributed by atoms with Crippen molar-refractivity contribution in [3.05, 3.63) is 46.5 Å². The van der Waals surface area contributed by atoms with Gasteiger partial charge in [-0.2, -0.15) is 0 Å². The van der Waals surface area contributed by atoms with Crippen molar-refractivity contribution in [1.29, 1.82) is 0 Å². The number of hydrogen-bond acceptors (Lipinski definition) is 5. The molecule has 0 spiro atoms. The van der Waals surface area contributed by atoms with Crippen LogP contribution in [0.5, 0.6) is 11.5 Å². The van der Waals surface area contributed by atoms with Crippen molar-refractivity contribution < 1.29 is 28.5 Å². The van der Waals surface area contributed by atoms with Crippen molar-refractivity contribution in [2.45, 2.75) is 31.3 Å². The zero-order valence-electron chi connectivity index (χ0n) is 16.1. The lowest BCUT2D eigenvalue weighted by molar-refractivity contribution is -0.116. The molecule has 6 nitrogen and oxygen atoms in total. The number of rotatable bonds is 4. The highest BCUT2D eigenvalue weighted by molar-refractivity contribution is 6.30. The highest BCUT2D eigenvalue weighted by Gasteiger charge is 2.35. The number of carbonyl (C=O) groups is 1. The molecular weight excluding hydrogens is 418 g/mol. The van der Waals surface area contributed by atoms with Crippen LogP contribution in [0.2, 0.25) is 5.02 Å². The Bertz CT molecular complexity index is 993. The number of aromatic hydroxyl groups is 1. The van der Waals surface area contributed by atoms with E-state index in [1.807, 2.05) is 4.90 Å². The molecule has 2 aromatic rings. The standard InChI is InChI=1S/C21H21ClF2N2O4/c22-12-1-3-15(14(23)9-12)26-7-5-21(29,6-8-26)11-30-17-10-16(27)19(24)20-13(17)2-4-18(28)25-20/h1,3,9-10,27,29H,2,4-8,11H2,(H,25,28). The second-order valence-corrected chi connectivity index (χ2v) is 8.14. The second kappa shape index (κ2) is 7.92. The van der Waals surface area contributed by atoms with Gasteiger partial charge >= 0.3 is 0 Å². The molecule has 2 aliphatic rings. The van der Waals surface area contributed by atoms with Crippen LogP contribution in [0, 0.1) is 11.6 Å². The van der Waals surface area contributed by atoms with Gasteiger partial charge in [-0.05, 0) is 37.5 Å². The minimum Gasteiger partial charge on any atom is -0.505 e. The van der Waals surface area contributed by atoms with Crippen molar-refractivity contribution >= 4 is 28.9 Å². The molecular formula is C21H21ClF2N2O4. The number of nitrogens with zero attached hydrogens (tertiary/aromatic N) is 1. The monoisotopic (exact) mass is 438 g/mol. The maximum atomic E-state index is 14.2. The van der Waals surface area contributed by atoms with Crippen LogP contribution in [0.1, 0.15) is 24.8 Å². The predicted octanol–water partition coefficient (Wildman–Crippen LogP) is 3.62. The summed E-state index contributed by atoms with van der Waals surface area (Å²) in [5.74, 6) is -2.06. The zero-order valence-corrected chi connectivity index (χ0v) is 16.8. The molecule has 0 saturated carbocycles. The Morgan fingerprint density at radius 1 is 1.20 bits per heavy atom. The Kier molecular flexibility index (Phi) is 5.46. The number of piperidine rings is 1. The van der Waals surface area contributed by atoms with Gasteiger partial charge in [-0.25, -0.2) is 8.78 Å². The Balaban J connectivity index is 1.44. The summed E-state index contributed by atoms with van der Waals surface area (Å²) in [7, 11) is 0. The van der Waals surface area contributed by atoms with E-state index in [1.165, 1.54) is 6.07 Å². The summed E-state index contributed by atoms with van der Waals surface area (Å²) in [6.45, 7) is 0.762. The number of carbonyl (C=O) groups excluding carboxylic acids is 1. The van der Waals surface area contributed by atoms with Gasteiger partial charge in [-0.15, -0.1) is 0 Å². The summed E-state index contributed by atoms with van der Waals surface area (Å²) in [6, 6.07) is 5.64. The molecule has 4 rings (SSSR count). The molecule has 0 unspecified atom stereocenters. The van der Waals surface area contributed by atoms with Gasteiger partial charge in [0.15, 0.2) is 11.6 Å². The van der Waals surface area contributed by atoms with Crippen molar-refractivity contribution in [3.8, 4) is 11.5 Å². The normalized spacial score (nSPS) is 18.0. The molecule has 30 heavy (non-hydrogen) atoms. The van der Waals surface area contributed by atoms with Crippen LogP contribution >= 0.6 is 11.6 Å². The molecule has 9 heteroatoms. The number of hydrogen-bond donors (Lipinski definition) is 3. The molecule has 2 heterocycles. The van der Waals surface area contributed by atoms with Gasteiger partial charge in [0.05, 0.1) is 11.4 Å². The fraction of sp³-hybridized carbons (Fsp3) is 0.381. The maximum Gasteiger partial charge on any atom is 0.224 e. The van der Waals surface area contributed by atoms with Gasteiger partial charge in [0, 0.05) is 36.2 Å². The first-order valence-corrected chi connectivity index (χ1v) is 10.0. The minimum absolute atomic E-state index is 0.0740. The summed E-state index contributed by atoms with van der Waals surface area (Å²) in [4.78, 5) is 13.4. The van der Waals surface area contributed by atoms with Crippen molar-refractivity contribution in [2.24, 2.45) is 0 Å². The van der Waals surface area contributed by atoms with E-state index in [2.05, 4.69) is 5.32 Å². The van der Waals surface area contributed by atoms with E-state index in [9.17, 15) is 23.8 Å². The van der Waals surface area contributed by atoms with Gasteiger partial charge in [-0.1, -0.05) is 11.6 Å². The SMILES string of the molecule is O=C1CCc2c(OCC3(O)CCN(c4ccc(Cl)cc4F)CC3)cc(O)c(F)c2N1. The predicted molar refractivity (Wildman–Crippen MR) is 108 cm³/mol. The Morgan fingerprint density at radius 2 is 1.93 bits per heavy atom. The Hall–Kier alpha value is -2.58. The molecule has 1 amide bonds. The van der Waals surface area contributed by atoms with Crippen molar-refractivity contribution in [3.63, 3.8) is 0 Å². The number of anilines is 2. The number of fused-ring (bicyclic) bond motifs is 1. The van der Waals surface area contributed by atoms with Crippen LogP contribution in [-0.4, -0.2) is 41.4 Å². The first-order chi connectivity index (χ1) is 14.3. The van der Waals surface area contributed by atoms with E-state index in [-0.39, 0.29) is 36.8 Å². The highest BCUT2D eigenvalue weighted by atomic mass is 35.5. The van der Waals surface area contributed by atoms with Crippen molar-refractivity contribution in [2.75, 3.05) is 29.9 Å². The summed E-state index contributed by atoms with van der Waals surface area (Å²) in [5.41, 5.74) is -0.361. The zero-order chi connectivity index (χ0) is 21.5.